The number of fused-ring (bicyclic) bond motifs is 4. The van der Waals surface area contributed by atoms with Crippen molar-refractivity contribution in [1.29, 1.82) is 5.26 Å². The summed E-state index contributed by atoms with van der Waals surface area (Å²) in [5.74, 6) is 0. The van der Waals surface area contributed by atoms with Gasteiger partial charge in [0.2, 0.25) is 0 Å². The molecule has 0 saturated carbocycles. The molecule has 51 heavy (non-hydrogen) atoms. The van der Waals surface area contributed by atoms with Crippen LogP contribution >= 0.6 is 0 Å². The van der Waals surface area contributed by atoms with Crippen LogP contribution in [0.2, 0.25) is 0 Å². The van der Waals surface area contributed by atoms with Gasteiger partial charge < -0.3 is 5.73 Å². The van der Waals surface area contributed by atoms with Crippen molar-refractivity contribution in [2.24, 2.45) is 5.73 Å². The van der Waals surface area contributed by atoms with Crippen LogP contribution in [0.15, 0.2) is 164 Å². The van der Waals surface area contributed by atoms with Crippen molar-refractivity contribution < 1.29 is 0 Å². The molecule has 2 atom stereocenters. The van der Waals surface area contributed by atoms with Crippen molar-refractivity contribution in [2.45, 2.75) is 31.5 Å². The van der Waals surface area contributed by atoms with Crippen molar-refractivity contribution in [1.82, 2.24) is 5.32 Å². The third-order valence-electron chi connectivity index (χ3n) is 10.4. The molecule has 7 aromatic carbocycles. The smallest absolute Gasteiger partial charge is 0.0991 e. The molecule has 0 aliphatic heterocycles. The minimum Gasteiger partial charge on any atom is -0.312 e. The van der Waals surface area contributed by atoms with Crippen molar-refractivity contribution in [3.05, 3.63) is 197 Å². The number of hydrogen-bond donors (Lipinski definition) is 2. The molecule has 246 valence electrons. The molecule has 3 N–H and O–H groups in total. The fourth-order valence-corrected chi connectivity index (χ4v) is 7.65. The van der Waals surface area contributed by atoms with Crippen LogP contribution in [-0.4, -0.2) is 0 Å². The molecule has 2 unspecified atom stereocenters. The van der Waals surface area contributed by atoms with Crippen LogP contribution in [0.3, 0.4) is 0 Å². The lowest BCUT2D eigenvalue weighted by molar-refractivity contribution is 0.509. The molecule has 0 fully saturated rings. The van der Waals surface area contributed by atoms with Crippen molar-refractivity contribution >= 4 is 16.8 Å². The summed E-state index contributed by atoms with van der Waals surface area (Å²) in [6, 6.07) is 57.4. The van der Waals surface area contributed by atoms with Gasteiger partial charge in [-0.25, -0.2) is 0 Å². The monoisotopic (exact) mass is 657 g/mol. The maximum absolute atomic E-state index is 9.31. The number of nitrogens with two attached hydrogens (primary N) is 1. The lowest BCUT2D eigenvalue weighted by Gasteiger charge is -2.23. The lowest BCUT2D eigenvalue weighted by Crippen LogP contribution is -2.31. The number of nitrogens with zero attached hydrogens (tertiary/aromatic N) is 1. The van der Waals surface area contributed by atoms with E-state index in [-0.39, 0.29) is 17.6 Å². The molecule has 0 spiro atoms. The summed E-state index contributed by atoms with van der Waals surface area (Å²) in [4.78, 5) is 0. The van der Waals surface area contributed by atoms with Crippen LogP contribution in [0.1, 0.15) is 59.4 Å². The second-order valence-electron chi connectivity index (χ2n) is 13.9. The topological polar surface area (TPSA) is 61.8 Å². The number of rotatable bonds is 8. The first kappa shape index (κ1) is 32.2. The second-order valence-corrected chi connectivity index (χ2v) is 13.9. The summed E-state index contributed by atoms with van der Waals surface area (Å²) < 4.78 is 0. The van der Waals surface area contributed by atoms with E-state index in [9.17, 15) is 5.26 Å². The number of nitrogens with one attached hydrogen (secondary N) is 1. The van der Waals surface area contributed by atoms with Gasteiger partial charge in [0.05, 0.1) is 23.8 Å². The zero-order valence-electron chi connectivity index (χ0n) is 28.8. The molecule has 0 aromatic heterocycles. The first-order valence-corrected chi connectivity index (χ1v) is 17.5. The van der Waals surface area contributed by atoms with Gasteiger partial charge in [0.1, 0.15) is 0 Å². The summed E-state index contributed by atoms with van der Waals surface area (Å²) in [5, 5.41) is 15.6. The third-order valence-corrected chi connectivity index (χ3v) is 10.4. The summed E-state index contributed by atoms with van der Waals surface area (Å²) in [6.45, 7) is 4.69. The predicted octanol–water partition coefficient (Wildman–Crippen LogP) is 11.4. The van der Waals surface area contributed by atoms with Gasteiger partial charge >= 0.3 is 0 Å². The number of nitriles is 1. The Labute approximate surface area is 300 Å². The Kier molecular flexibility index (Phi) is 8.42. The summed E-state index contributed by atoms with van der Waals surface area (Å²) in [6.07, 6.45) is 4.09. The highest BCUT2D eigenvalue weighted by atomic mass is 15.0. The highest BCUT2D eigenvalue weighted by Crippen LogP contribution is 2.53. The molecule has 0 saturated heterocycles. The second kappa shape index (κ2) is 13.3. The summed E-state index contributed by atoms with van der Waals surface area (Å²) in [7, 11) is 0. The van der Waals surface area contributed by atoms with Gasteiger partial charge in [-0.1, -0.05) is 153 Å². The Bertz CT molecular complexity index is 2450. The molecule has 0 heterocycles. The van der Waals surface area contributed by atoms with Crippen LogP contribution in [0.4, 0.5) is 0 Å². The zero-order chi connectivity index (χ0) is 35.0. The number of benzene rings is 7. The third kappa shape index (κ3) is 6.06. The van der Waals surface area contributed by atoms with Crippen molar-refractivity contribution in [2.75, 3.05) is 0 Å². The van der Waals surface area contributed by atoms with Gasteiger partial charge in [-0.05, 0) is 102 Å². The molecule has 3 nitrogen and oxygen atoms in total. The van der Waals surface area contributed by atoms with E-state index in [4.69, 9.17) is 5.73 Å². The molecule has 0 radical (unpaired) electrons. The normalized spacial score (nSPS) is 14.2. The van der Waals surface area contributed by atoms with Crippen LogP contribution in [0.5, 0.6) is 0 Å². The molecule has 0 amide bonds. The zero-order valence-corrected chi connectivity index (χ0v) is 28.8. The summed E-state index contributed by atoms with van der Waals surface area (Å²) >= 11 is 0. The van der Waals surface area contributed by atoms with E-state index in [1.54, 1.807) is 0 Å². The fourth-order valence-electron chi connectivity index (χ4n) is 7.65. The predicted molar refractivity (Wildman–Crippen MR) is 212 cm³/mol. The highest BCUT2D eigenvalue weighted by molar-refractivity contribution is 5.99. The SMILES string of the molecule is CC1(C)c2cc3ccccc3cc2-c2c(-c3ccccc3/C=C/C(NC(N)c3ccccc3)c3cccc(-c4ccc(C#N)cc4)c3)cccc21. The Morgan fingerprint density at radius 2 is 1.27 bits per heavy atom. The average Bonchev–Trinajstić information content (AvgIpc) is 3.41. The number of hydrogen-bond acceptors (Lipinski definition) is 3. The Morgan fingerprint density at radius 3 is 2.06 bits per heavy atom. The van der Waals surface area contributed by atoms with Gasteiger partial charge in [-0.2, -0.15) is 5.26 Å². The molecule has 1 aliphatic rings. The fraction of sp³-hybridized carbons (Fsp3) is 0.104. The van der Waals surface area contributed by atoms with Crippen LogP contribution in [-0.2, 0) is 5.41 Å². The minimum absolute atomic E-state index is 0.113. The molecular formula is C48H39N3. The van der Waals surface area contributed by atoms with Gasteiger partial charge in [0.15, 0.2) is 0 Å². The van der Waals surface area contributed by atoms with E-state index in [1.165, 1.54) is 44.2 Å². The van der Waals surface area contributed by atoms with Gasteiger partial charge in [-0.15, -0.1) is 0 Å². The first-order valence-electron chi connectivity index (χ1n) is 17.5. The Balaban J connectivity index is 1.21. The van der Waals surface area contributed by atoms with Gasteiger partial charge in [0, 0.05) is 5.41 Å². The van der Waals surface area contributed by atoms with Crippen LogP contribution in [0, 0.1) is 11.3 Å². The van der Waals surface area contributed by atoms with Crippen LogP contribution < -0.4 is 11.1 Å². The van der Waals surface area contributed by atoms with E-state index >= 15 is 0 Å². The average molecular weight is 658 g/mol. The molecule has 0 bridgehead atoms. The van der Waals surface area contributed by atoms with E-state index in [2.05, 4.69) is 153 Å². The van der Waals surface area contributed by atoms with Crippen molar-refractivity contribution in [3.63, 3.8) is 0 Å². The standard InChI is InChI=1S/C48H39N3/c1-48(2)43-21-11-20-41(46(43)42-29-37-15-6-7-16-38(37)30-44(42)48)40-19-9-8-12-34(40)26-27-45(51-47(50)35-13-4-3-5-14-35)39-18-10-17-36(28-39)33-24-22-32(31-49)23-25-33/h3-30,45,47,51H,50H2,1-2H3/b27-26+. The van der Waals surface area contributed by atoms with Gasteiger partial charge in [-0.3, -0.25) is 5.32 Å². The molecular weight excluding hydrogens is 619 g/mol. The molecule has 1 aliphatic carbocycles. The maximum atomic E-state index is 9.31. The summed E-state index contributed by atoms with van der Waals surface area (Å²) in [5.41, 5.74) is 20.5. The lowest BCUT2D eigenvalue weighted by atomic mass is 9.81. The molecule has 7 aromatic rings. The van der Waals surface area contributed by atoms with Crippen LogP contribution in [0.25, 0.3) is 50.2 Å². The Hall–Kier alpha value is -6.05. The van der Waals surface area contributed by atoms with E-state index in [0.29, 0.717) is 5.56 Å². The van der Waals surface area contributed by atoms with E-state index < -0.39 is 0 Å². The van der Waals surface area contributed by atoms with E-state index in [0.717, 1.165) is 27.8 Å². The maximum Gasteiger partial charge on any atom is 0.0991 e. The van der Waals surface area contributed by atoms with Crippen molar-refractivity contribution in [3.8, 4) is 39.4 Å². The largest absolute Gasteiger partial charge is 0.312 e. The van der Waals surface area contributed by atoms with Gasteiger partial charge in [0.25, 0.3) is 0 Å². The minimum atomic E-state index is -0.374. The van der Waals surface area contributed by atoms with E-state index in [1.807, 2.05) is 42.5 Å². The molecule has 3 heteroatoms. The first-order chi connectivity index (χ1) is 24.9. The Morgan fingerprint density at radius 1 is 0.608 bits per heavy atom. The quantitative estimate of drug-likeness (QED) is 0.160. The highest BCUT2D eigenvalue weighted by Gasteiger charge is 2.37. The molecule has 8 rings (SSSR count).